The minimum atomic E-state index is -0.449. The number of rotatable bonds is 6. The van der Waals surface area contributed by atoms with Crippen molar-refractivity contribution in [2.24, 2.45) is 5.92 Å². The molecule has 0 spiro atoms. The number of ketones is 2. The number of aromatic hydroxyl groups is 2. The van der Waals surface area contributed by atoms with Crippen molar-refractivity contribution in [2.75, 3.05) is 0 Å². The third-order valence-corrected chi connectivity index (χ3v) is 7.90. The van der Waals surface area contributed by atoms with Crippen molar-refractivity contribution < 1.29 is 19.8 Å². The number of unbranched alkanes of at least 4 members (excludes halogenated alkanes) is 2. The molecule has 5 rings (SSSR count). The van der Waals surface area contributed by atoms with Gasteiger partial charge in [-0.25, -0.2) is 0 Å². The van der Waals surface area contributed by atoms with Gasteiger partial charge in [-0.3, -0.25) is 9.59 Å². The van der Waals surface area contributed by atoms with E-state index >= 15 is 0 Å². The summed E-state index contributed by atoms with van der Waals surface area (Å²) in [7, 11) is 0. The third kappa shape index (κ3) is 4.38. The highest BCUT2D eigenvalue weighted by atomic mass is 16.3. The average molecular weight is 469 g/mol. The molecule has 2 aliphatic rings. The second kappa shape index (κ2) is 9.69. The van der Waals surface area contributed by atoms with E-state index in [0.29, 0.717) is 5.92 Å². The summed E-state index contributed by atoms with van der Waals surface area (Å²) in [6.07, 6.45) is 10.5. The fraction of sp³-hybridized carbons (Fsp3) is 0.355. The van der Waals surface area contributed by atoms with E-state index in [4.69, 9.17) is 0 Å². The van der Waals surface area contributed by atoms with Crippen molar-refractivity contribution in [3.05, 3.63) is 82.4 Å². The Morgan fingerprint density at radius 2 is 1.31 bits per heavy atom. The van der Waals surface area contributed by atoms with Crippen LogP contribution in [0.5, 0.6) is 11.5 Å². The average Bonchev–Trinajstić information content (AvgIpc) is 2.89. The van der Waals surface area contributed by atoms with Crippen LogP contribution < -0.4 is 0 Å². The summed E-state index contributed by atoms with van der Waals surface area (Å²) in [6, 6.07) is 16.3. The second-order valence-corrected chi connectivity index (χ2v) is 10.1. The lowest BCUT2D eigenvalue weighted by Gasteiger charge is -2.29. The first-order valence-electron chi connectivity index (χ1n) is 12.9. The summed E-state index contributed by atoms with van der Waals surface area (Å²) in [5, 5.41) is 20.4. The van der Waals surface area contributed by atoms with Crippen LogP contribution in [0.3, 0.4) is 0 Å². The van der Waals surface area contributed by atoms with Crippen molar-refractivity contribution in [1.82, 2.24) is 0 Å². The van der Waals surface area contributed by atoms with Gasteiger partial charge in [-0.15, -0.1) is 0 Å². The van der Waals surface area contributed by atoms with Gasteiger partial charge >= 0.3 is 0 Å². The van der Waals surface area contributed by atoms with Crippen LogP contribution in [0, 0.1) is 5.92 Å². The molecule has 0 bridgehead atoms. The predicted octanol–water partition coefficient (Wildman–Crippen LogP) is 7.39. The first-order valence-corrected chi connectivity index (χ1v) is 12.9. The van der Waals surface area contributed by atoms with Crippen LogP contribution in [0.2, 0.25) is 0 Å². The first-order chi connectivity index (χ1) is 17.0. The van der Waals surface area contributed by atoms with Crippen molar-refractivity contribution >= 4 is 11.6 Å². The molecule has 4 heteroatoms. The summed E-state index contributed by atoms with van der Waals surface area (Å²) < 4.78 is 0. The molecular weight excluding hydrogens is 436 g/mol. The van der Waals surface area contributed by atoms with E-state index in [9.17, 15) is 19.8 Å². The van der Waals surface area contributed by atoms with Gasteiger partial charge in [-0.05, 0) is 78.5 Å². The molecule has 4 nitrogen and oxygen atoms in total. The highest BCUT2D eigenvalue weighted by Gasteiger charge is 2.34. The van der Waals surface area contributed by atoms with E-state index in [2.05, 4.69) is 31.2 Å². The molecule has 0 aromatic heterocycles. The zero-order valence-electron chi connectivity index (χ0n) is 20.2. The van der Waals surface area contributed by atoms with Crippen LogP contribution >= 0.6 is 0 Å². The van der Waals surface area contributed by atoms with Crippen LogP contribution in [0.1, 0.15) is 102 Å². The molecule has 2 N–H and O–H groups in total. The van der Waals surface area contributed by atoms with Crippen molar-refractivity contribution in [1.29, 1.82) is 0 Å². The Morgan fingerprint density at radius 1 is 0.714 bits per heavy atom. The molecular formula is C31H32O4. The van der Waals surface area contributed by atoms with Gasteiger partial charge in [0, 0.05) is 11.1 Å². The lowest BCUT2D eigenvalue weighted by atomic mass is 9.77. The van der Waals surface area contributed by atoms with E-state index < -0.39 is 11.6 Å². The molecule has 0 amide bonds. The molecule has 1 saturated carbocycles. The summed E-state index contributed by atoms with van der Waals surface area (Å²) in [5.74, 6) is 0.0149. The zero-order chi connectivity index (χ0) is 24.5. The van der Waals surface area contributed by atoms with Crippen LogP contribution in [0.15, 0.2) is 54.6 Å². The minimum absolute atomic E-state index is 0.125. The van der Waals surface area contributed by atoms with Gasteiger partial charge in [0.2, 0.25) is 0 Å². The van der Waals surface area contributed by atoms with E-state index in [1.165, 1.54) is 69.1 Å². The third-order valence-electron chi connectivity index (χ3n) is 7.90. The van der Waals surface area contributed by atoms with Gasteiger partial charge in [0.1, 0.15) is 11.5 Å². The van der Waals surface area contributed by atoms with Crippen LogP contribution in [-0.4, -0.2) is 21.8 Å². The zero-order valence-corrected chi connectivity index (χ0v) is 20.2. The van der Waals surface area contributed by atoms with Crippen molar-refractivity contribution in [3.63, 3.8) is 0 Å². The smallest absolute Gasteiger partial charge is 0.198 e. The number of carbonyl (C=O) groups is 2. The Kier molecular flexibility index (Phi) is 6.46. The maximum absolute atomic E-state index is 13.2. The topological polar surface area (TPSA) is 74.6 Å². The molecule has 0 aliphatic heterocycles. The number of benzene rings is 3. The number of hydrogen-bond acceptors (Lipinski definition) is 4. The van der Waals surface area contributed by atoms with Gasteiger partial charge in [-0.1, -0.05) is 62.9 Å². The quantitative estimate of drug-likeness (QED) is 0.228. The molecule has 0 heterocycles. The molecule has 0 atom stereocenters. The number of carbonyl (C=O) groups excluding carboxylic acids is 2. The normalized spacial score (nSPS) is 19.3. The van der Waals surface area contributed by atoms with E-state index in [1.54, 1.807) is 12.1 Å². The fourth-order valence-electron chi connectivity index (χ4n) is 5.83. The molecule has 0 saturated heterocycles. The molecule has 3 aromatic carbocycles. The van der Waals surface area contributed by atoms with Gasteiger partial charge < -0.3 is 10.2 Å². The van der Waals surface area contributed by atoms with Gasteiger partial charge in [0.15, 0.2) is 11.6 Å². The number of phenolic OH excluding ortho intramolecular Hbond substituents is 2. The predicted molar refractivity (Wildman–Crippen MR) is 137 cm³/mol. The lowest BCUT2D eigenvalue weighted by Crippen LogP contribution is -2.21. The fourth-order valence-corrected chi connectivity index (χ4v) is 5.83. The Hall–Kier alpha value is -3.40. The first kappa shape index (κ1) is 23.3. The van der Waals surface area contributed by atoms with Gasteiger partial charge in [0.05, 0.1) is 11.1 Å². The monoisotopic (exact) mass is 468 g/mol. The highest BCUT2D eigenvalue weighted by molar-refractivity contribution is 6.30. The molecule has 0 unspecified atom stereocenters. The maximum atomic E-state index is 13.2. The van der Waals surface area contributed by atoms with Crippen LogP contribution in [0.4, 0.5) is 0 Å². The van der Waals surface area contributed by atoms with Gasteiger partial charge in [-0.2, -0.15) is 0 Å². The Labute approximate surface area is 206 Å². The Balaban J connectivity index is 1.34. The lowest BCUT2D eigenvalue weighted by molar-refractivity contribution is 0.0974. The largest absolute Gasteiger partial charge is 0.507 e. The molecule has 3 aromatic rings. The van der Waals surface area contributed by atoms with Gasteiger partial charge in [0.25, 0.3) is 0 Å². The number of phenols is 2. The van der Waals surface area contributed by atoms with E-state index in [-0.39, 0.29) is 33.8 Å². The van der Waals surface area contributed by atoms with Crippen LogP contribution in [0.25, 0.3) is 11.1 Å². The number of hydrogen-bond donors (Lipinski definition) is 2. The summed E-state index contributed by atoms with van der Waals surface area (Å²) in [5.41, 5.74) is 3.46. The molecule has 35 heavy (non-hydrogen) atoms. The van der Waals surface area contributed by atoms with Crippen molar-refractivity contribution in [3.8, 4) is 22.6 Å². The molecule has 0 radical (unpaired) electrons. The van der Waals surface area contributed by atoms with Crippen molar-refractivity contribution in [2.45, 2.75) is 64.2 Å². The van der Waals surface area contributed by atoms with E-state index in [0.717, 1.165) is 17.0 Å². The number of fused-ring (bicyclic) bond motifs is 2. The standard InChI is InChI=1S/C31H32O4/c1-2-3-4-5-19-6-8-20(9-7-19)21-10-12-22(13-11-21)23-14-15-24-25(18-23)31(35)29-27(33)17-16-26(32)28(29)30(24)34/h10-20,32-33H,2-9H2,1H3. The van der Waals surface area contributed by atoms with E-state index in [1.807, 2.05) is 6.07 Å². The Morgan fingerprint density at radius 3 is 1.94 bits per heavy atom. The minimum Gasteiger partial charge on any atom is -0.507 e. The molecule has 1 fully saturated rings. The highest BCUT2D eigenvalue weighted by Crippen LogP contribution is 2.40. The summed E-state index contributed by atoms with van der Waals surface area (Å²) >= 11 is 0. The maximum Gasteiger partial charge on any atom is 0.198 e. The Bertz CT molecular complexity index is 1260. The summed E-state index contributed by atoms with van der Waals surface area (Å²) in [6.45, 7) is 2.26. The SMILES string of the molecule is CCCCCC1CCC(c2ccc(-c3ccc4c(c3)C(=O)c3c(O)ccc(O)c3C4=O)cc2)CC1. The second-order valence-electron chi connectivity index (χ2n) is 10.1. The summed E-state index contributed by atoms with van der Waals surface area (Å²) in [4.78, 5) is 26.1. The molecule has 180 valence electrons. The molecule has 2 aliphatic carbocycles. The van der Waals surface area contributed by atoms with Crippen LogP contribution in [-0.2, 0) is 0 Å².